The molecule has 7 heteroatoms. The van der Waals surface area contributed by atoms with Crippen LogP contribution in [0.25, 0.3) is 11.3 Å². The van der Waals surface area contributed by atoms with Crippen LogP contribution in [0.5, 0.6) is 0 Å². The van der Waals surface area contributed by atoms with Crippen molar-refractivity contribution in [2.45, 2.75) is 25.7 Å². The molecule has 1 aromatic heterocycles. The van der Waals surface area contributed by atoms with Crippen molar-refractivity contribution < 1.29 is 9.53 Å². The average Bonchev–Trinajstić information content (AvgIpc) is 2.72. The number of carbonyl (C=O) groups excluding carboxylic acids is 1. The third kappa shape index (κ3) is 4.81. The number of anilines is 1. The molecule has 1 aliphatic heterocycles. The van der Waals surface area contributed by atoms with Crippen molar-refractivity contribution >= 4 is 17.6 Å². The van der Waals surface area contributed by atoms with E-state index in [0.29, 0.717) is 17.9 Å². The fourth-order valence-corrected chi connectivity index (χ4v) is 3.40. The van der Waals surface area contributed by atoms with Crippen LogP contribution < -0.4 is 10.6 Å². The van der Waals surface area contributed by atoms with Crippen LogP contribution in [0, 0.1) is 11.3 Å². The van der Waals surface area contributed by atoms with Crippen LogP contribution in [0.1, 0.15) is 31.2 Å². The minimum atomic E-state index is -0.146. The molecule has 1 fully saturated rings. The van der Waals surface area contributed by atoms with Crippen molar-refractivity contribution in [3.05, 3.63) is 42.0 Å². The predicted molar refractivity (Wildman–Crippen MR) is 105 cm³/mol. The number of hydrogen-bond donors (Lipinski definition) is 2. The second kappa shape index (κ2) is 8.62. The van der Waals surface area contributed by atoms with Crippen LogP contribution in [0.2, 0.25) is 0 Å². The van der Waals surface area contributed by atoms with Gasteiger partial charge in [0.25, 0.3) is 0 Å². The third-order valence-corrected chi connectivity index (χ3v) is 4.97. The van der Waals surface area contributed by atoms with Gasteiger partial charge >= 0.3 is 5.97 Å². The maximum absolute atomic E-state index is 11.4. The molecule has 1 saturated heterocycles. The summed E-state index contributed by atoms with van der Waals surface area (Å²) >= 11 is 0. The van der Waals surface area contributed by atoms with E-state index in [9.17, 15) is 4.79 Å². The molecule has 1 unspecified atom stereocenters. The number of nitrogens with two attached hydrogens (primary N) is 1. The van der Waals surface area contributed by atoms with Gasteiger partial charge in [0.05, 0.1) is 12.8 Å². The lowest BCUT2D eigenvalue weighted by Gasteiger charge is -2.33. The summed E-state index contributed by atoms with van der Waals surface area (Å²) in [5.74, 6) is 1.24. The van der Waals surface area contributed by atoms with Gasteiger partial charge in [-0.15, -0.1) is 10.2 Å². The number of amidine groups is 1. The zero-order valence-corrected chi connectivity index (χ0v) is 15.5. The highest BCUT2D eigenvalue weighted by atomic mass is 16.5. The Morgan fingerprint density at radius 2 is 2.04 bits per heavy atom. The summed E-state index contributed by atoms with van der Waals surface area (Å²) < 4.78 is 4.73. The number of nitrogen functional groups attached to an aromatic ring is 1. The van der Waals surface area contributed by atoms with E-state index in [1.807, 2.05) is 36.4 Å². The molecule has 142 valence electrons. The monoisotopic (exact) mass is 367 g/mol. The molecule has 0 saturated carbocycles. The fraction of sp³-hybridized carbons (Fsp3) is 0.400. The van der Waals surface area contributed by atoms with Crippen LogP contribution >= 0.6 is 0 Å². The zero-order valence-electron chi connectivity index (χ0n) is 15.5. The average molecular weight is 367 g/mol. The Kier molecular flexibility index (Phi) is 6.01. The maximum Gasteiger partial charge on any atom is 0.305 e. The summed E-state index contributed by atoms with van der Waals surface area (Å²) in [4.78, 5) is 13.6. The van der Waals surface area contributed by atoms with Crippen molar-refractivity contribution in [2.24, 2.45) is 11.7 Å². The Morgan fingerprint density at radius 3 is 2.67 bits per heavy atom. The first-order valence-corrected chi connectivity index (χ1v) is 9.17. The summed E-state index contributed by atoms with van der Waals surface area (Å²) in [5.41, 5.74) is 7.90. The van der Waals surface area contributed by atoms with E-state index in [1.165, 1.54) is 7.11 Å². The number of nitrogens with zero attached hydrogens (tertiary/aromatic N) is 3. The fourth-order valence-electron chi connectivity index (χ4n) is 3.40. The molecule has 2 aromatic rings. The van der Waals surface area contributed by atoms with Crippen molar-refractivity contribution in [1.82, 2.24) is 10.2 Å². The minimum absolute atomic E-state index is 0.0508. The Balaban J connectivity index is 1.64. The van der Waals surface area contributed by atoms with E-state index in [-0.39, 0.29) is 11.8 Å². The lowest BCUT2D eigenvalue weighted by Crippen LogP contribution is -2.36. The number of ether oxygens (including phenoxy) is 1. The van der Waals surface area contributed by atoms with Crippen molar-refractivity contribution in [1.29, 1.82) is 5.41 Å². The molecule has 2 heterocycles. The number of aromatic nitrogens is 2. The number of piperidine rings is 1. The van der Waals surface area contributed by atoms with E-state index in [0.717, 1.165) is 49.4 Å². The first kappa shape index (κ1) is 18.8. The molecule has 1 atom stereocenters. The van der Waals surface area contributed by atoms with Gasteiger partial charge in [-0.25, -0.2) is 0 Å². The van der Waals surface area contributed by atoms with E-state index >= 15 is 0 Å². The van der Waals surface area contributed by atoms with E-state index in [1.54, 1.807) is 0 Å². The number of benzene rings is 1. The molecule has 1 aliphatic rings. The lowest BCUT2D eigenvalue weighted by molar-refractivity contribution is -0.140. The van der Waals surface area contributed by atoms with Crippen LogP contribution in [0.4, 0.5) is 5.82 Å². The number of carbonyl (C=O) groups is 1. The molecule has 7 nitrogen and oxygen atoms in total. The van der Waals surface area contributed by atoms with Crippen molar-refractivity contribution in [3.63, 3.8) is 0 Å². The van der Waals surface area contributed by atoms with Gasteiger partial charge in [-0.2, -0.15) is 0 Å². The smallest absolute Gasteiger partial charge is 0.305 e. The SMILES string of the molecule is COC(=O)CCC1CCCN(c2ccc(-c3ccc(C(=N)N)cc3)nn2)C1. The molecular weight excluding hydrogens is 342 g/mol. The lowest BCUT2D eigenvalue weighted by atomic mass is 9.93. The Labute approximate surface area is 159 Å². The van der Waals surface area contributed by atoms with E-state index < -0.39 is 0 Å². The summed E-state index contributed by atoms with van der Waals surface area (Å²) in [6, 6.07) is 11.4. The summed E-state index contributed by atoms with van der Waals surface area (Å²) in [7, 11) is 1.43. The second-order valence-electron chi connectivity index (χ2n) is 6.84. The molecule has 3 rings (SSSR count). The van der Waals surface area contributed by atoms with Crippen LogP contribution in [0.15, 0.2) is 36.4 Å². The Hall–Kier alpha value is -2.96. The molecular formula is C20H25N5O2. The normalized spacial score (nSPS) is 16.8. The predicted octanol–water partition coefficient (Wildman–Crippen LogP) is 2.60. The van der Waals surface area contributed by atoms with Gasteiger partial charge in [0, 0.05) is 30.6 Å². The number of methoxy groups -OCH3 is 1. The van der Waals surface area contributed by atoms with Gasteiger partial charge in [-0.1, -0.05) is 24.3 Å². The van der Waals surface area contributed by atoms with Gasteiger partial charge < -0.3 is 15.4 Å². The first-order chi connectivity index (χ1) is 13.1. The van der Waals surface area contributed by atoms with E-state index in [4.69, 9.17) is 15.9 Å². The highest BCUT2D eigenvalue weighted by molar-refractivity contribution is 5.95. The summed E-state index contributed by atoms with van der Waals surface area (Å²) in [6.45, 7) is 1.84. The summed E-state index contributed by atoms with van der Waals surface area (Å²) in [5, 5.41) is 16.2. The highest BCUT2D eigenvalue weighted by Crippen LogP contribution is 2.25. The first-order valence-electron chi connectivity index (χ1n) is 9.17. The number of hydrogen-bond acceptors (Lipinski definition) is 6. The van der Waals surface area contributed by atoms with Crippen LogP contribution in [-0.2, 0) is 9.53 Å². The number of esters is 1. The molecule has 0 amide bonds. The Bertz CT molecular complexity index is 789. The van der Waals surface area contributed by atoms with Crippen LogP contribution in [-0.4, -0.2) is 42.2 Å². The van der Waals surface area contributed by atoms with Gasteiger partial charge in [-0.3, -0.25) is 10.2 Å². The van der Waals surface area contributed by atoms with Gasteiger partial charge in [0.1, 0.15) is 5.84 Å². The topological polar surface area (TPSA) is 105 Å². The maximum atomic E-state index is 11.4. The summed E-state index contributed by atoms with van der Waals surface area (Å²) in [6.07, 6.45) is 3.52. The largest absolute Gasteiger partial charge is 0.469 e. The zero-order chi connectivity index (χ0) is 19.2. The third-order valence-electron chi connectivity index (χ3n) is 4.97. The molecule has 0 bridgehead atoms. The molecule has 0 aliphatic carbocycles. The Morgan fingerprint density at radius 1 is 1.26 bits per heavy atom. The molecule has 0 radical (unpaired) electrons. The van der Waals surface area contributed by atoms with Crippen molar-refractivity contribution in [2.75, 3.05) is 25.1 Å². The number of nitrogens with one attached hydrogen (secondary N) is 1. The minimum Gasteiger partial charge on any atom is -0.469 e. The van der Waals surface area contributed by atoms with Gasteiger partial charge in [-0.05, 0) is 37.3 Å². The van der Waals surface area contributed by atoms with Gasteiger partial charge in [0.15, 0.2) is 5.82 Å². The second-order valence-corrected chi connectivity index (χ2v) is 6.84. The molecule has 27 heavy (non-hydrogen) atoms. The molecule has 0 spiro atoms. The highest BCUT2D eigenvalue weighted by Gasteiger charge is 2.22. The van der Waals surface area contributed by atoms with Gasteiger partial charge in [0.2, 0.25) is 0 Å². The van der Waals surface area contributed by atoms with E-state index in [2.05, 4.69) is 15.1 Å². The molecule has 1 aromatic carbocycles. The molecule has 3 N–H and O–H groups in total. The van der Waals surface area contributed by atoms with Crippen molar-refractivity contribution in [3.8, 4) is 11.3 Å². The van der Waals surface area contributed by atoms with Crippen LogP contribution in [0.3, 0.4) is 0 Å². The number of rotatable bonds is 6. The standard InChI is InChI=1S/C20H25N5O2/c1-27-19(26)11-4-14-3-2-12-25(13-14)18-10-9-17(23-24-18)15-5-7-16(8-6-15)20(21)22/h5-10,14H,2-4,11-13H2,1H3,(H3,21,22). The quantitative estimate of drug-likeness (QED) is 0.462.